The van der Waals surface area contributed by atoms with Crippen LogP contribution in [0.15, 0.2) is 24.9 Å². The van der Waals surface area contributed by atoms with Crippen molar-refractivity contribution in [3.63, 3.8) is 0 Å². The van der Waals surface area contributed by atoms with Crippen LogP contribution in [-0.2, 0) is 14.3 Å². The van der Waals surface area contributed by atoms with Gasteiger partial charge in [-0.05, 0) is 32.7 Å². The van der Waals surface area contributed by atoms with Crippen LogP contribution in [0.1, 0.15) is 33.6 Å². The predicted octanol–water partition coefficient (Wildman–Crippen LogP) is 1.69. The second-order valence-electron chi connectivity index (χ2n) is 6.73. The Kier molecular flexibility index (Phi) is 8.69. The van der Waals surface area contributed by atoms with Crippen molar-refractivity contribution in [2.45, 2.75) is 45.7 Å². The molecular weight excluding hydrogens is 318 g/mol. The average molecular weight is 351 g/mol. The lowest BCUT2D eigenvalue weighted by Crippen LogP contribution is -2.49. The fourth-order valence-corrected chi connectivity index (χ4v) is 3.31. The molecule has 142 valence electrons. The summed E-state index contributed by atoms with van der Waals surface area (Å²) in [5, 5.41) is 6.14. The molecule has 0 radical (unpaired) electrons. The number of nitrogens with zero attached hydrogens (tertiary/aromatic N) is 1. The maximum absolute atomic E-state index is 12.5. The van der Waals surface area contributed by atoms with Gasteiger partial charge in [-0.2, -0.15) is 0 Å². The summed E-state index contributed by atoms with van der Waals surface area (Å²) in [5.74, 6) is -0.130. The number of likely N-dealkylation sites (tertiary alicyclic amines) is 1. The Balaban J connectivity index is 2.91. The lowest BCUT2D eigenvalue weighted by atomic mass is 9.88. The van der Waals surface area contributed by atoms with Gasteiger partial charge in [-0.3, -0.25) is 4.79 Å². The zero-order valence-corrected chi connectivity index (χ0v) is 16.0. The van der Waals surface area contributed by atoms with Gasteiger partial charge in [0.15, 0.2) is 0 Å². The molecule has 0 aromatic carbocycles. The molecule has 6 nitrogen and oxygen atoms in total. The van der Waals surface area contributed by atoms with E-state index in [0.717, 1.165) is 12.8 Å². The van der Waals surface area contributed by atoms with Crippen molar-refractivity contribution >= 4 is 11.9 Å². The molecule has 2 N–H and O–H groups in total. The first-order valence-electron chi connectivity index (χ1n) is 9.05. The number of nitrogens with one attached hydrogen (secondary N) is 2. The number of carbonyl (C=O) groups excluding carboxylic acids is 2. The topological polar surface area (TPSA) is 70.7 Å². The Morgan fingerprint density at radius 3 is 2.60 bits per heavy atom. The molecule has 1 rings (SSSR count). The summed E-state index contributed by atoms with van der Waals surface area (Å²) in [5.41, 5.74) is 0.688. The summed E-state index contributed by atoms with van der Waals surface area (Å²) < 4.78 is 5.23. The Hall–Kier alpha value is -1.82. The van der Waals surface area contributed by atoms with Gasteiger partial charge in [-0.15, -0.1) is 6.58 Å². The number of hydrogen-bond acceptors (Lipinski definition) is 5. The first kappa shape index (κ1) is 21.2. The van der Waals surface area contributed by atoms with Crippen molar-refractivity contribution < 1.29 is 14.3 Å². The molecular formula is C19H33N3O3. The highest BCUT2D eigenvalue weighted by Gasteiger charge is 2.35. The van der Waals surface area contributed by atoms with Gasteiger partial charge in [0.2, 0.25) is 5.91 Å². The summed E-state index contributed by atoms with van der Waals surface area (Å²) in [6.45, 7) is 15.2. The van der Waals surface area contributed by atoms with Crippen LogP contribution in [0, 0.1) is 11.8 Å². The zero-order chi connectivity index (χ0) is 19.0. The summed E-state index contributed by atoms with van der Waals surface area (Å²) in [7, 11) is 1.75. The first-order valence-corrected chi connectivity index (χ1v) is 9.05. The maximum atomic E-state index is 12.5. The third-order valence-electron chi connectivity index (χ3n) is 4.61. The Bertz CT molecular complexity index is 490. The summed E-state index contributed by atoms with van der Waals surface area (Å²) in [6.07, 6.45) is 3.56. The molecule has 6 heteroatoms. The molecule has 1 amide bonds. The molecule has 1 saturated heterocycles. The van der Waals surface area contributed by atoms with E-state index in [-0.39, 0.29) is 29.8 Å². The van der Waals surface area contributed by atoms with Crippen LogP contribution < -0.4 is 10.6 Å². The van der Waals surface area contributed by atoms with E-state index in [2.05, 4.69) is 23.8 Å². The van der Waals surface area contributed by atoms with E-state index in [0.29, 0.717) is 25.4 Å². The van der Waals surface area contributed by atoms with Gasteiger partial charge in [0.1, 0.15) is 6.04 Å². The van der Waals surface area contributed by atoms with Crippen LogP contribution in [0.3, 0.4) is 0 Å². The van der Waals surface area contributed by atoms with E-state index in [1.54, 1.807) is 20.0 Å². The summed E-state index contributed by atoms with van der Waals surface area (Å²) in [6, 6.07) is -0.651. The number of amides is 1. The van der Waals surface area contributed by atoms with Gasteiger partial charge in [-0.25, -0.2) is 4.79 Å². The monoisotopic (exact) mass is 351 g/mol. The molecule has 3 atom stereocenters. The van der Waals surface area contributed by atoms with Crippen molar-refractivity contribution in [1.82, 2.24) is 15.5 Å². The average Bonchev–Trinajstić information content (AvgIpc) is 3.04. The smallest absolute Gasteiger partial charge is 0.329 e. The number of esters is 1. The SMILES string of the molecule is C=CC(C(C)C)C(NC(=C)[C@@H]1CCCN1C(=O)CNC)C(=O)OCC. The quantitative estimate of drug-likeness (QED) is 0.463. The first-order chi connectivity index (χ1) is 11.9. The number of hydrogen-bond donors (Lipinski definition) is 2. The lowest BCUT2D eigenvalue weighted by Gasteiger charge is -2.32. The Morgan fingerprint density at radius 1 is 1.40 bits per heavy atom. The van der Waals surface area contributed by atoms with Gasteiger partial charge < -0.3 is 20.3 Å². The fraction of sp³-hybridized carbons (Fsp3) is 0.684. The van der Waals surface area contributed by atoms with E-state index >= 15 is 0 Å². The maximum Gasteiger partial charge on any atom is 0.329 e. The van der Waals surface area contributed by atoms with Crippen molar-refractivity contribution in [3.05, 3.63) is 24.9 Å². The molecule has 1 fully saturated rings. The number of rotatable bonds is 10. The zero-order valence-electron chi connectivity index (χ0n) is 16.0. The summed E-state index contributed by atoms with van der Waals surface area (Å²) in [4.78, 5) is 26.5. The third kappa shape index (κ3) is 5.59. The predicted molar refractivity (Wildman–Crippen MR) is 99.9 cm³/mol. The largest absolute Gasteiger partial charge is 0.464 e. The van der Waals surface area contributed by atoms with E-state index in [1.807, 2.05) is 18.7 Å². The van der Waals surface area contributed by atoms with Crippen LogP contribution in [0.2, 0.25) is 0 Å². The van der Waals surface area contributed by atoms with E-state index < -0.39 is 6.04 Å². The highest BCUT2D eigenvalue weighted by atomic mass is 16.5. The fourth-order valence-electron chi connectivity index (χ4n) is 3.31. The second-order valence-corrected chi connectivity index (χ2v) is 6.73. The second kappa shape index (κ2) is 10.2. The molecule has 25 heavy (non-hydrogen) atoms. The van der Waals surface area contributed by atoms with Gasteiger partial charge in [0.05, 0.1) is 19.2 Å². The molecule has 0 aliphatic carbocycles. The molecule has 0 spiro atoms. The number of ether oxygens (including phenoxy) is 1. The molecule has 0 bridgehead atoms. The van der Waals surface area contributed by atoms with Crippen molar-refractivity contribution in [3.8, 4) is 0 Å². The van der Waals surface area contributed by atoms with Crippen LogP contribution in [0.4, 0.5) is 0 Å². The van der Waals surface area contributed by atoms with Gasteiger partial charge in [-0.1, -0.05) is 26.5 Å². The molecule has 0 aromatic heterocycles. The van der Waals surface area contributed by atoms with Crippen molar-refractivity contribution in [1.29, 1.82) is 0 Å². The molecule has 0 saturated carbocycles. The van der Waals surface area contributed by atoms with Crippen LogP contribution >= 0.6 is 0 Å². The van der Waals surface area contributed by atoms with Gasteiger partial charge >= 0.3 is 5.97 Å². The van der Waals surface area contributed by atoms with Gasteiger partial charge in [0, 0.05) is 18.2 Å². The van der Waals surface area contributed by atoms with Crippen molar-refractivity contribution in [2.24, 2.45) is 11.8 Å². The van der Waals surface area contributed by atoms with E-state index in [1.165, 1.54) is 0 Å². The van der Waals surface area contributed by atoms with Crippen LogP contribution in [0.5, 0.6) is 0 Å². The Labute approximate surface area is 151 Å². The van der Waals surface area contributed by atoms with E-state index in [4.69, 9.17) is 4.74 Å². The standard InChI is InChI=1S/C19H33N3O3/c1-7-15(13(3)4)18(19(24)25-8-2)21-14(5)16-10-9-11-22(16)17(23)12-20-6/h7,13,15-16,18,20-21H,1,5,8-12H2,2-4,6H3/t15?,16-,18?/m0/s1. The number of likely N-dealkylation sites (N-methyl/N-ethyl adjacent to an activating group) is 1. The van der Waals surface area contributed by atoms with Crippen molar-refractivity contribution in [2.75, 3.05) is 26.7 Å². The minimum absolute atomic E-state index is 0.0461. The normalized spacial score (nSPS) is 19.4. The lowest BCUT2D eigenvalue weighted by molar-refractivity contribution is -0.147. The minimum Gasteiger partial charge on any atom is -0.464 e. The van der Waals surface area contributed by atoms with Gasteiger partial charge in [0.25, 0.3) is 0 Å². The van der Waals surface area contributed by atoms with Crippen LogP contribution in [-0.4, -0.2) is 55.6 Å². The molecule has 2 unspecified atom stereocenters. The molecule has 1 heterocycles. The molecule has 0 aromatic rings. The molecule has 1 aliphatic heterocycles. The minimum atomic E-state index is -0.549. The third-order valence-corrected chi connectivity index (χ3v) is 4.61. The Morgan fingerprint density at radius 2 is 2.08 bits per heavy atom. The molecule has 1 aliphatic rings. The summed E-state index contributed by atoms with van der Waals surface area (Å²) >= 11 is 0. The van der Waals surface area contributed by atoms with Crippen LogP contribution in [0.25, 0.3) is 0 Å². The highest BCUT2D eigenvalue weighted by molar-refractivity contribution is 5.79. The van der Waals surface area contributed by atoms with E-state index in [9.17, 15) is 9.59 Å². The number of carbonyl (C=O) groups is 2. The highest BCUT2D eigenvalue weighted by Crippen LogP contribution is 2.24.